The van der Waals surface area contributed by atoms with Gasteiger partial charge in [-0.2, -0.15) is 5.26 Å². The summed E-state index contributed by atoms with van der Waals surface area (Å²) in [4.78, 5) is 11.4. The van der Waals surface area contributed by atoms with Gasteiger partial charge >= 0.3 is 5.97 Å². The summed E-state index contributed by atoms with van der Waals surface area (Å²) >= 11 is 0. The number of carboxylic acids is 1. The lowest BCUT2D eigenvalue weighted by atomic mass is 9.74. The van der Waals surface area contributed by atoms with Crippen molar-refractivity contribution in [3.05, 3.63) is 0 Å². The molecule has 0 unspecified atom stereocenters. The maximum atomic E-state index is 11.4. The van der Waals surface area contributed by atoms with E-state index in [9.17, 15) is 9.90 Å². The fraction of sp³-hybridized carbons (Fsp3) is 0.867. The van der Waals surface area contributed by atoms with Gasteiger partial charge in [-0.1, -0.05) is 13.8 Å². The predicted octanol–water partition coefficient (Wildman–Crippen LogP) is 2.94. The molecule has 1 rings (SSSR count). The van der Waals surface area contributed by atoms with Gasteiger partial charge < -0.3 is 10.4 Å². The Morgan fingerprint density at radius 3 is 2.32 bits per heavy atom. The summed E-state index contributed by atoms with van der Waals surface area (Å²) in [5.74, 6) is -0.706. The average Bonchev–Trinajstić information content (AvgIpc) is 2.42. The van der Waals surface area contributed by atoms with Gasteiger partial charge in [-0.25, -0.2) is 0 Å². The van der Waals surface area contributed by atoms with Crippen molar-refractivity contribution in [3.63, 3.8) is 0 Å². The van der Waals surface area contributed by atoms with Crippen LogP contribution in [0.1, 0.15) is 59.3 Å². The van der Waals surface area contributed by atoms with E-state index in [0.29, 0.717) is 25.4 Å². The molecule has 1 aliphatic rings. The maximum absolute atomic E-state index is 11.4. The van der Waals surface area contributed by atoms with Crippen LogP contribution >= 0.6 is 0 Å². The molecule has 4 nitrogen and oxygen atoms in total. The molecule has 0 bridgehead atoms. The third-order valence-electron chi connectivity index (χ3n) is 4.90. The van der Waals surface area contributed by atoms with Crippen LogP contribution in [0.4, 0.5) is 0 Å². The molecule has 0 atom stereocenters. The third-order valence-corrected chi connectivity index (χ3v) is 4.90. The van der Waals surface area contributed by atoms with E-state index in [0.717, 1.165) is 25.7 Å². The Morgan fingerprint density at radius 2 is 1.95 bits per heavy atom. The van der Waals surface area contributed by atoms with Crippen molar-refractivity contribution in [1.29, 1.82) is 5.26 Å². The van der Waals surface area contributed by atoms with Gasteiger partial charge in [-0.05, 0) is 45.4 Å². The Labute approximate surface area is 116 Å². The quantitative estimate of drug-likeness (QED) is 0.775. The fourth-order valence-corrected chi connectivity index (χ4v) is 2.79. The minimum atomic E-state index is -0.706. The molecular weight excluding hydrogens is 240 g/mol. The SMILES string of the molecule is CCC(CC)(CNC1CCC(C)(C#N)CC1)C(=O)O. The normalized spacial score (nSPS) is 27.8. The van der Waals surface area contributed by atoms with Crippen LogP contribution in [0.5, 0.6) is 0 Å². The Morgan fingerprint density at radius 1 is 1.42 bits per heavy atom. The van der Waals surface area contributed by atoms with E-state index in [1.807, 2.05) is 20.8 Å². The molecule has 4 heteroatoms. The molecular formula is C15H26N2O2. The van der Waals surface area contributed by atoms with Gasteiger partial charge in [0.25, 0.3) is 0 Å². The van der Waals surface area contributed by atoms with Crippen LogP contribution in [0.2, 0.25) is 0 Å². The first-order chi connectivity index (χ1) is 8.91. The second-order valence-corrected chi connectivity index (χ2v) is 6.12. The minimum Gasteiger partial charge on any atom is -0.481 e. The first kappa shape index (κ1) is 16.0. The second kappa shape index (κ2) is 6.38. The highest BCUT2D eigenvalue weighted by atomic mass is 16.4. The zero-order valence-electron chi connectivity index (χ0n) is 12.3. The molecule has 0 aliphatic heterocycles. The smallest absolute Gasteiger partial charge is 0.310 e. The van der Waals surface area contributed by atoms with Crippen LogP contribution in [-0.4, -0.2) is 23.7 Å². The third kappa shape index (κ3) is 3.70. The van der Waals surface area contributed by atoms with Gasteiger partial charge in [0, 0.05) is 12.6 Å². The number of nitrogens with zero attached hydrogens (tertiary/aromatic N) is 1. The summed E-state index contributed by atoms with van der Waals surface area (Å²) in [7, 11) is 0. The highest BCUT2D eigenvalue weighted by Crippen LogP contribution is 2.35. The van der Waals surface area contributed by atoms with Crippen molar-refractivity contribution in [1.82, 2.24) is 5.32 Å². The highest BCUT2D eigenvalue weighted by Gasteiger charge is 2.36. The highest BCUT2D eigenvalue weighted by molar-refractivity contribution is 5.74. The second-order valence-electron chi connectivity index (χ2n) is 6.12. The van der Waals surface area contributed by atoms with Gasteiger partial charge in [0.1, 0.15) is 0 Å². The molecule has 0 amide bonds. The van der Waals surface area contributed by atoms with Crippen molar-refractivity contribution in [3.8, 4) is 6.07 Å². The fourth-order valence-electron chi connectivity index (χ4n) is 2.79. The van der Waals surface area contributed by atoms with Gasteiger partial charge in [-0.3, -0.25) is 4.79 Å². The van der Waals surface area contributed by atoms with Crippen LogP contribution in [0.3, 0.4) is 0 Å². The van der Waals surface area contributed by atoms with Crippen LogP contribution in [0.25, 0.3) is 0 Å². The number of rotatable bonds is 6. The summed E-state index contributed by atoms with van der Waals surface area (Å²) in [6, 6.07) is 2.75. The van der Waals surface area contributed by atoms with E-state index in [1.165, 1.54) is 0 Å². The standard InChI is InChI=1S/C15H26N2O2/c1-4-15(5-2,13(18)19)11-17-12-6-8-14(3,10-16)9-7-12/h12,17H,4-9,11H2,1-3H3,(H,18,19). The Kier molecular flexibility index (Phi) is 5.37. The van der Waals surface area contributed by atoms with E-state index in [-0.39, 0.29) is 5.41 Å². The summed E-state index contributed by atoms with van der Waals surface area (Å²) in [5, 5.41) is 21.9. The molecule has 1 fully saturated rings. The number of nitriles is 1. The molecule has 1 aliphatic carbocycles. The summed E-state index contributed by atoms with van der Waals surface area (Å²) in [5.41, 5.74) is -0.826. The van der Waals surface area contributed by atoms with Crippen molar-refractivity contribution in [2.45, 2.75) is 65.3 Å². The number of hydrogen-bond acceptors (Lipinski definition) is 3. The monoisotopic (exact) mass is 266 g/mol. The van der Waals surface area contributed by atoms with Crippen LogP contribution in [0.15, 0.2) is 0 Å². The summed E-state index contributed by atoms with van der Waals surface area (Å²) in [6.07, 6.45) is 5.03. The number of aliphatic carboxylic acids is 1. The average molecular weight is 266 g/mol. The van der Waals surface area contributed by atoms with Crippen LogP contribution in [-0.2, 0) is 4.79 Å². The van der Waals surface area contributed by atoms with E-state index in [2.05, 4.69) is 11.4 Å². The maximum Gasteiger partial charge on any atom is 0.310 e. The Balaban J connectivity index is 2.50. The molecule has 2 N–H and O–H groups in total. The zero-order valence-corrected chi connectivity index (χ0v) is 12.3. The largest absolute Gasteiger partial charge is 0.481 e. The molecule has 0 aromatic rings. The number of carbonyl (C=O) groups is 1. The molecule has 0 saturated heterocycles. The lowest BCUT2D eigenvalue weighted by Crippen LogP contribution is -2.45. The van der Waals surface area contributed by atoms with E-state index < -0.39 is 11.4 Å². The molecule has 0 heterocycles. The Hall–Kier alpha value is -1.08. The van der Waals surface area contributed by atoms with Gasteiger partial charge in [0.2, 0.25) is 0 Å². The van der Waals surface area contributed by atoms with Crippen molar-refractivity contribution < 1.29 is 9.90 Å². The van der Waals surface area contributed by atoms with Crippen LogP contribution < -0.4 is 5.32 Å². The minimum absolute atomic E-state index is 0.183. The van der Waals surface area contributed by atoms with Crippen molar-refractivity contribution >= 4 is 5.97 Å². The lowest BCUT2D eigenvalue weighted by Gasteiger charge is -2.35. The zero-order chi connectivity index (χ0) is 14.5. The topological polar surface area (TPSA) is 73.1 Å². The number of hydrogen-bond donors (Lipinski definition) is 2. The number of carboxylic acid groups (broad SMARTS) is 1. The predicted molar refractivity (Wildman–Crippen MR) is 74.6 cm³/mol. The number of nitrogens with one attached hydrogen (secondary N) is 1. The van der Waals surface area contributed by atoms with Gasteiger partial charge in [0.15, 0.2) is 0 Å². The molecule has 1 saturated carbocycles. The van der Waals surface area contributed by atoms with E-state index in [4.69, 9.17) is 5.26 Å². The van der Waals surface area contributed by atoms with Gasteiger partial charge in [-0.15, -0.1) is 0 Å². The Bertz CT molecular complexity index is 348. The van der Waals surface area contributed by atoms with Crippen molar-refractivity contribution in [2.75, 3.05) is 6.54 Å². The molecule has 0 aromatic carbocycles. The summed E-state index contributed by atoms with van der Waals surface area (Å²) < 4.78 is 0. The van der Waals surface area contributed by atoms with E-state index >= 15 is 0 Å². The molecule has 0 radical (unpaired) electrons. The first-order valence-electron chi connectivity index (χ1n) is 7.29. The van der Waals surface area contributed by atoms with Gasteiger partial charge in [0.05, 0.1) is 16.9 Å². The summed E-state index contributed by atoms with van der Waals surface area (Å²) in [6.45, 7) is 6.42. The van der Waals surface area contributed by atoms with E-state index in [1.54, 1.807) is 0 Å². The van der Waals surface area contributed by atoms with Crippen molar-refractivity contribution in [2.24, 2.45) is 10.8 Å². The molecule has 0 spiro atoms. The van der Waals surface area contributed by atoms with Crippen LogP contribution in [0, 0.1) is 22.2 Å². The lowest BCUT2D eigenvalue weighted by molar-refractivity contribution is -0.149. The molecule has 0 aromatic heterocycles. The molecule has 108 valence electrons. The first-order valence-corrected chi connectivity index (χ1v) is 7.29. The molecule has 19 heavy (non-hydrogen) atoms.